The number of sulfonamides is 1. The SMILES string of the molecule is Cc1ccc(NS(=O)(=O)c2ccc(C(=O)NCC3CNC3)cc2)cc1C. The lowest BCUT2D eigenvalue weighted by atomic mass is 10.0. The minimum absolute atomic E-state index is 0.121. The number of hydrogen-bond donors (Lipinski definition) is 3. The van der Waals surface area contributed by atoms with Crippen molar-refractivity contribution in [1.29, 1.82) is 0 Å². The van der Waals surface area contributed by atoms with Gasteiger partial charge in [0.2, 0.25) is 0 Å². The Balaban J connectivity index is 1.67. The topological polar surface area (TPSA) is 87.3 Å². The minimum Gasteiger partial charge on any atom is -0.352 e. The van der Waals surface area contributed by atoms with E-state index in [4.69, 9.17) is 0 Å². The Morgan fingerprint density at radius 3 is 2.35 bits per heavy atom. The Labute approximate surface area is 154 Å². The van der Waals surface area contributed by atoms with Crippen LogP contribution in [0.1, 0.15) is 21.5 Å². The molecule has 2 aromatic carbocycles. The summed E-state index contributed by atoms with van der Waals surface area (Å²) in [5.41, 5.74) is 3.08. The Morgan fingerprint density at radius 1 is 1.08 bits per heavy atom. The van der Waals surface area contributed by atoms with E-state index in [9.17, 15) is 13.2 Å². The van der Waals surface area contributed by atoms with Gasteiger partial charge in [0.15, 0.2) is 0 Å². The van der Waals surface area contributed by atoms with Crippen molar-refractivity contribution in [3.63, 3.8) is 0 Å². The number of benzene rings is 2. The van der Waals surface area contributed by atoms with Crippen LogP contribution in [0.3, 0.4) is 0 Å². The average molecular weight is 373 g/mol. The molecule has 6 nitrogen and oxygen atoms in total. The fraction of sp³-hybridized carbons (Fsp3) is 0.316. The highest BCUT2D eigenvalue weighted by atomic mass is 32.2. The van der Waals surface area contributed by atoms with Crippen LogP contribution in [0.2, 0.25) is 0 Å². The van der Waals surface area contributed by atoms with Gasteiger partial charge in [-0.2, -0.15) is 0 Å². The molecule has 0 radical (unpaired) electrons. The molecule has 0 spiro atoms. The zero-order chi connectivity index (χ0) is 18.7. The highest BCUT2D eigenvalue weighted by Crippen LogP contribution is 2.19. The van der Waals surface area contributed by atoms with Crippen LogP contribution in [0.25, 0.3) is 0 Å². The molecule has 0 atom stereocenters. The zero-order valence-electron chi connectivity index (χ0n) is 14.9. The molecule has 3 rings (SSSR count). The number of aryl methyl sites for hydroxylation is 2. The van der Waals surface area contributed by atoms with E-state index in [0.29, 0.717) is 23.7 Å². The number of amides is 1. The molecule has 0 aromatic heterocycles. The van der Waals surface area contributed by atoms with Crippen LogP contribution in [-0.4, -0.2) is 34.0 Å². The fourth-order valence-corrected chi connectivity index (χ4v) is 3.69. The summed E-state index contributed by atoms with van der Waals surface area (Å²) in [6, 6.07) is 11.4. The first kappa shape index (κ1) is 18.4. The monoisotopic (exact) mass is 373 g/mol. The lowest BCUT2D eigenvalue weighted by molar-refractivity contribution is 0.0942. The van der Waals surface area contributed by atoms with Gasteiger partial charge in [-0.3, -0.25) is 9.52 Å². The molecule has 7 heteroatoms. The number of nitrogens with one attached hydrogen (secondary N) is 3. The third kappa shape index (κ3) is 4.23. The van der Waals surface area contributed by atoms with Gasteiger partial charge in [0.1, 0.15) is 0 Å². The first-order chi connectivity index (χ1) is 12.3. The first-order valence-electron chi connectivity index (χ1n) is 8.54. The van der Waals surface area contributed by atoms with Gasteiger partial charge < -0.3 is 10.6 Å². The molecule has 0 unspecified atom stereocenters. The summed E-state index contributed by atoms with van der Waals surface area (Å²) in [5, 5.41) is 6.02. The van der Waals surface area contributed by atoms with Gasteiger partial charge >= 0.3 is 0 Å². The van der Waals surface area contributed by atoms with Crippen molar-refractivity contribution in [3.05, 3.63) is 59.2 Å². The van der Waals surface area contributed by atoms with Crippen molar-refractivity contribution >= 4 is 21.6 Å². The molecule has 3 N–H and O–H groups in total. The van der Waals surface area contributed by atoms with Gasteiger partial charge in [-0.15, -0.1) is 0 Å². The molecule has 1 fully saturated rings. The van der Waals surface area contributed by atoms with Crippen LogP contribution >= 0.6 is 0 Å². The molecular weight excluding hydrogens is 350 g/mol. The van der Waals surface area contributed by atoms with Gasteiger partial charge in [0.05, 0.1) is 4.90 Å². The van der Waals surface area contributed by atoms with E-state index in [1.54, 1.807) is 12.1 Å². The van der Waals surface area contributed by atoms with E-state index >= 15 is 0 Å². The summed E-state index contributed by atoms with van der Waals surface area (Å²) in [5.74, 6) is 0.281. The molecule has 0 aliphatic carbocycles. The zero-order valence-corrected chi connectivity index (χ0v) is 15.7. The summed E-state index contributed by atoms with van der Waals surface area (Å²) in [4.78, 5) is 12.2. The molecule has 138 valence electrons. The highest BCUT2D eigenvalue weighted by molar-refractivity contribution is 7.92. The van der Waals surface area contributed by atoms with Gasteiger partial charge in [0, 0.05) is 36.8 Å². The van der Waals surface area contributed by atoms with Crippen molar-refractivity contribution in [2.24, 2.45) is 5.92 Å². The number of rotatable bonds is 6. The molecule has 2 aromatic rings. The fourth-order valence-electron chi connectivity index (χ4n) is 2.64. The Morgan fingerprint density at radius 2 is 1.77 bits per heavy atom. The molecule has 0 saturated carbocycles. The lowest BCUT2D eigenvalue weighted by Crippen LogP contribution is -2.48. The van der Waals surface area contributed by atoms with E-state index < -0.39 is 10.0 Å². The molecule has 1 aliphatic heterocycles. The van der Waals surface area contributed by atoms with Crippen molar-refractivity contribution in [2.45, 2.75) is 18.7 Å². The second-order valence-corrected chi connectivity index (χ2v) is 8.35. The average Bonchev–Trinajstić information content (AvgIpc) is 2.56. The molecular formula is C19H23N3O3S. The van der Waals surface area contributed by atoms with Crippen LogP contribution in [0.4, 0.5) is 5.69 Å². The van der Waals surface area contributed by atoms with Gasteiger partial charge in [-0.05, 0) is 61.4 Å². The van der Waals surface area contributed by atoms with Crippen LogP contribution < -0.4 is 15.4 Å². The molecule has 0 bridgehead atoms. The summed E-state index contributed by atoms with van der Waals surface area (Å²) in [7, 11) is -3.70. The van der Waals surface area contributed by atoms with Gasteiger partial charge in [-0.1, -0.05) is 6.07 Å². The number of anilines is 1. The second kappa shape index (κ2) is 7.47. The highest BCUT2D eigenvalue weighted by Gasteiger charge is 2.18. The molecule has 1 heterocycles. The maximum absolute atomic E-state index is 12.5. The van der Waals surface area contributed by atoms with Crippen molar-refractivity contribution in [3.8, 4) is 0 Å². The number of carbonyl (C=O) groups is 1. The Bertz CT molecular complexity index is 904. The first-order valence-corrected chi connectivity index (χ1v) is 10.0. The summed E-state index contributed by atoms with van der Waals surface area (Å²) in [6.45, 7) is 6.36. The maximum Gasteiger partial charge on any atom is 0.261 e. The van der Waals surface area contributed by atoms with Crippen LogP contribution in [0.15, 0.2) is 47.4 Å². The Kier molecular flexibility index (Phi) is 5.29. The van der Waals surface area contributed by atoms with Crippen molar-refractivity contribution in [2.75, 3.05) is 24.4 Å². The number of hydrogen-bond acceptors (Lipinski definition) is 4. The number of carbonyl (C=O) groups excluding carboxylic acids is 1. The van der Waals surface area contributed by atoms with E-state index in [0.717, 1.165) is 24.2 Å². The quantitative estimate of drug-likeness (QED) is 0.723. The minimum atomic E-state index is -3.70. The Hall–Kier alpha value is -2.38. The van der Waals surface area contributed by atoms with E-state index in [2.05, 4.69) is 15.4 Å². The molecule has 26 heavy (non-hydrogen) atoms. The van der Waals surface area contributed by atoms with Gasteiger partial charge in [-0.25, -0.2) is 8.42 Å². The molecule has 1 aliphatic rings. The predicted molar refractivity (Wildman–Crippen MR) is 102 cm³/mol. The van der Waals surface area contributed by atoms with Crippen molar-refractivity contribution < 1.29 is 13.2 Å². The second-order valence-electron chi connectivity index (χ2n) is 6.66. The van der Waals surface area contributed by atoms with Crippen LogP contribution in [-0.2, 0) is 10.0 Å². The predicted octanol–water partition coefficient (Wildman–Crippen LogP) is 2.05. The van der Waals surface area contributed by atoms with E-state index in [1.165, 1.54) is 24.3 Å². The summed E-state index contributed by atoms with van der Waals surface area (Å²) >= 11 is 0. The van der Waals surface area contributed by atoms with E-state index in [-0.39, 0.29) is 10.8 Å². The third-order valence-electron chi connectivity index (χ3n) is 4.60. The van der Waals surface area contributed by atoms with E-state index in [1.807, 2.05) is 19.9 Å². The normalized spacial score (nSPS) is 14.5. The summed E-state index contributed by atoms with van der Waals surface area (Å²) < 4.78 is 27.6. The largest absolute Gasteiger partial charge is 0.352 e. The van der Waals surface area contributed by atoms with Crippen molar-refractivity contribution in [1.82, 2.24) is 10.6 Å². The lowest BCUT2D eigenvalue weighted by Gasteiger charge is -2.27. The standard InChI is InChI=1S/C19H23N3O3S/c1-13-3-6-17(9-14(13)2)22-26(24,25)18-7-4-16(5-8-18)19(23)21-12-15-10-20-11-15/h3-9,15,20,22H,10-12H2,1-2H3,(H,21,23). The van der Waals surface area contributed by atoms with Crippen LogP contribution in [0, 0.1) is 19.8 Å². The molecule has 1 amide bonds. The van der Waals surface area contributed by atoms with Crippen LogP contribution in [0.5, 0.6) is 0 Å². The maximum atomic E-state index is 12.5. The molecule has 1 saturated heterocycles. The van der Waals surface area contributed by atoms with Gasteiger partial charge in [0.25, 0.3) is 15.9 Å². The third-order valence-corrected chi connectivity index (χ3v) is 6.00. The smallest absolute Gasteiger partial charge is 0.261 e. The summed E-state index contributed by atoms with van der Waals surface area (Å²) in [6.07, 6.45) is 0.